The quantitative estimate of drug-likeness (QED) is 0.624. The van der Waals surface area contributed by atoms with Crippen molar-refractivity contribution >= 4 is 10.8 Å². The number of hydrogen-bond acceptors (Lipinski definition) is 2. The lowest BCUT2D eigenvalue weighted by molar-refractivity contribution is 0.370. The minimum atomic E-state index is 0.344. The number of nitrogens with one attached hydrogen (secondary N) is 1. The second-order valence-corrected chi connectivity index (χ2v) is 5.04. The van der Waals surface area contributed by atoms with Crippen LogP contribution in [0.2, 0.25) is 0 Å². The average molecular weight is 242 g/mol. The summed E-state index contributed by atoms with van der Waals surface area (Å²) in [6.45, 7) is 4.45. The summed E-state index contributed by atoms with van der Waals surface area (Å²) in [6.07, 6.45) is 2.12. The number of rotatable bonds is 5. The molecule has 0 amide bonds. The Kier molecular flexibility index (Phi) is 4.34. The van der Waals surface area contributed by atoms with Crippen molar-refractivity contribution in [2.75, 3.05) is 0 Å². The lowest BCUT2D eigenvalue weighted by Gasteiger charge is -2.22. The van der Waals surface area contributed by atoms with Crippen LogP contribution in [-0.4, -0.2) is 6.04 Å². The Morgan fingerprint density at radius 2 is 1.83 bits per heavy atom. The smallest absolute Gasteiger partial charge is 0.0276 e. The fourth-order valence-electron chi connectivity index (χ4n) is 2.33. The molecule has 18 heavy (non-hydrogen) atoms. The highest BCUT2D eigenvalue weighted by molar-refractivity contribution is 5.82. The second kappa shape index (κ2) is 5.98. The molecule has 2 unspecified atom stereocenters. The molecule has 0 spiro atoms. The van der Waals surface area contributed by atoms with E-state index in [2.05, 4.69) is 61.7 Å². The third-order valence-corrected chi connectivity index (χ3v) is 3.81. The van der Waals surface area contributed by atoms with Crippen LogP contribution in [0.15, 0.2) is 42.5 Å². The molecule has 96 valence electrons. The zero-order valence-electron chi connectivity index (χ0n) is 11.2. The Labute approximate surface area is 109 Å². The summed E-state index contributed by atoms with van der Waals surface area (Å²) in [5.41, 5.74) is 4.29. The van der Waals surface area contributed by atoms with Gasteiger partial charge in [-0.2, -0.15) is 0 Å². The van der Waals surface area contributed by atoms with E-state index in [-0.39, 0.29) is 0 Å². The Bertz CT molecular complexity index is 507. The predicted octanol–water partition coefficient (Wildman–Crippen LogP) is 3.26. The van der Waals surface area contributed by atoms with Crippen LogP contribution in [0.3, 0.4) is 0 Å². The fourth-order valence-corrected chi connectivity index (χ4v) is 2.33. The van der Waals surface area contributed by atoms with Gasteiger partial charge in [0.15, 0.2) is 0 Å². The van der Waals surface area contributed by atoms with Crippen LogP contribution in [0.25, 0.3) is 10.8 Å². The molecule has 0 aromatic heterocycles. The molecule has 2 nitrogen and oxygen atoms in total. The first kappa shape index (κ1) is 13.1. The number of hydrogen-bond donors (Lipinski definition) is 2. The molecule has 0 aliphatic rings. The van der Waals surface area contributed by atoms with Crippen LogP contribution < -0.4 is 11.3 Å². The molecule has 0 saturated heterocycles. The van der Waals surface area contributed by atoms with Crippen LogP contribution >= 0.6 is 0 Å². The van der Waals surface area contributed by atoms with Crippen molar-refractivity contribution in [3.05, 3.63) is 48.0 Å². The van der Waals surface area contributed by atoms with Gasteiger partial charge in [-0.3, -0.25) is 11.3 Å². The summed E-state index contributed by atoms with van der Waals surface area (Å²) in [6, 6.07) is 15.5. The highest BCUT2D eigenvalue weighted by Crippen LogP contribution is 2.18. The molecule has 2 heteroatoms. The van der Waals surface area contributed by atoms with Crippen molar-refractivity contribution in [3.63, 3.8) is 0 Å². The predicted molar refractivity (Wildman–Crippen MR) is 78.2 cm³/mol. The van der Waals surface area contributed by atoms with E-state index >= 15 is 0 Å². The zero-order chi connectivity index (χ0) is 13.0. The summed E-state index contributed by atoms with van der Waals surface area (Å²) < 4.78 is 0. The molecule has 2 atom stereocenters. The fraction of sp³-hybridized carbons (Fsp3) is 0.375. The summed E-state index contributed by atoms with van der Waals surface area (Å²) in [4.78, 5) is 0. The van der Waals surface area contributed by atoms with Crippen LogP contribution in [0, 0.1) is 5.92 Å². The van der Waals surface area contributed by atoms with Gasteiger partial charge < -0.3 is 0 Å². The van der Waals surface area contributed by atoms with Gasteiger partial charge in [-0.1, -0.05) is 62.7 Å². The number of fused-ring (bicyclic) bond motifs is 1. The van der Waals surface area contributed by atoms with Gasteiger partial charge in [0.2, 0.25) is 0 Å². The largest absolute Gasteiger partial charge is 0.271 e. The maximum absolute atomic E-state index is 5.66. The normalized spacial score (nSPS) is 14.6. The molecule has 0 fully saturated rings. The van der Waals surface area contributed by atoms with Crippen molar-refractivity contribution in [1.82, 2.24) is 5.43 Å². The van der Waals surface area contributed by atoms with Crippen molar-refractivity contribution in [2.24, 2.45) is 11.8 Å². The van der Waals surface area contributed by atoms with Crippen LogP contribution in [0.4, 0.5) is 0 Å². The van der Waals surface area contributed by atoms with E-state index in [1.54, 1.807) is 0 Å². The lowest BCUT2D eigenvalue weighted by Crippen LogP contribution is -2.41. The maximum Gasteiger partial charge on any atom is 0.0276 e. The molecule has 0 heterocycles. The molecule has 0 radical (unpaired) electrons. The molecule has 0 bridgehead atoms. The Morgan fingerprint density at radius 3 is 2.50 bits per heavy atom. The van der Waals surface area contributed by atoms with Crippen molar-refractivity contribution in [3.8, 4) is 0 Å². The van der Waals surface area contributed by atoms with Crippen LogP contribution in [0.5, 0.6) is 0 Å². The standard InChI is InChI=1S/C16H22N2/c1-3-12(2)16(18-17)11-13-8-9-14-6-4-5-7-15(14)10-13/h4-10,12,16,18H,3,11,17H2,1-2H3. The third-order valence-electron chi connectivity index (χ3n) is 3.81. The number of hydrazine groups is 1. The van der Waals surface area contributed by atoms with E-state index in [0.29, 0.717) is 12.0 Å². The minimum Gasteiger partial charge on any atom is -0.271 e. The van der Waals surface area contributed by atoms with Gasteiger partial charge in [-0.15, -0.1) is 0 Å². The number of benzene rings is 2. The van der Waals surface area contributed by atoms with E-state index < -0.39 is 0 Å². The van der Waals surface area contributed by atoms with Gasteiger partial charge in [0.05, 0.1) is 0 Å². The molecule has 2 aromatic rings. The highest BCUT2D eigenvalue weighted by atomic mass is 15.2. The SMILES string of the molecule is CCC(C)C(Cc1ccc2ccccc2c1)NN. The van der Waals surface area contributed by atoms with Gasteiger partial charge in [0.25, 0.3) is 0 Å². The molecular weight excluding hydrogens is 220 g/mol. The van der Waals surface area contributed by atoms with E-state index in [9.17, 15) is 0 Å². The molecule has 0 aliphatic carbocycles. The summed E-state index contributed by atoms with van der Waals surface area (Å²) >= 11 is 0. The third kappa shape index (κ3) is 2.89. The molecule has 2 rings (SSSR count). The first-order chi connectivity index (χ1) is 8.74. The van der Waals surface area contributed by atoms with E-state index in [0.717, 1.165) is 12.8 Å². The Morgan fingerprint density at radius 1 is 1.11 bits per heavy atom. The number of nitrogens with two attached hydrogens (primary N) is 1. The van der Waals surface area contributed by atoms with Gasteiger partial charge in [0, 0.05) is 6.04 Å². The zero-order valence-corrected chi connectivity index (χ0v) is 11.2. The van der Waals surface area contributed by atoms with E-state index in [1.165, 1.54) is 16.3 Å². The van der Waals surface area contributed by atoms with Gasteiger partial charge in [-0.05, 0) is 28.7 Å². The molecular formula is C16H22N2. The first-order valence-corrected chi connectivity index (χ1v) is 6.68. The van der Waals surface area contributed by atoms with Crippen LogP contribution in [-0.2, 0) is 6.42 Å². The maximum atomic E-state index is 5.66. The monoisotopic (exact) mass is 242 g/mol. The van der Waals surface area contributed by atoms with Crippen molar-refractivity contribution in [1.29, 1.82) is 0 Å². The highest BCUT2D eigenvalue weighted by Gasteiger charge is 2.14. The van der Waals surface area contributed by atoms with Crippen molar-refractivity contribution < 1.29 is 0 Å². The minimum absolute atomic E-state index is 0.344. The van der Waals surface area contributed by atoms with Gasteiger partial charge in [0.1, 0.15) is 0 Å². The molecule has 2 aromatic carbocycles. The Balaban J connectivity index is 2.20. The topological polar surface area (TPSA) is 38.0 Å². The molecule has 0 saturated carbocycles. The lowest BCUT2D eigenvalue weighted by atomic mass is 9.92. The molecule has 3 N–H and O–H groups in total. The first-order valence-electron chi connectivity index (χ1n) is 6.68. The summed E-state index contributed by atoms with van der Waals surface area (Å²) in [5, 5.41) is 2.59. The Hall–Kier alpha value is -1.38. The van der Waals surface area contributed by atoms with Crippen LogP contribution in [0.1, 0.15) is 25.8 Å². The second-order valence-electron chi connectivity index (χ2n) is 5.04. The average Bonchev–Trinajstić information content (AvgIpc) is 2.43. The molecule has 0 aliphatic heterocycles. The summed E-state index contributed by atoms with van der Waals surface area (Å²) in [7, 11) is 0. The van der Waals surface area contributed by atoms with Crippen molar-refractivity contribution in [2.45, 2.75) is 32.7 Å². The van der Waals surface area contributed by atoms with E-state index in [4.69, 9.17) is 5.84 Å². The van der Waals surface area contributed by atoms with Gasteiger partial charge in [-0.25, -0.2) is 0 Å². The van der Waals surface area contributed by atoms with E-state index in [1.807, 2.05) is 0 Å². The van der Waals surface area contributed by atoms with Gasteiger partial charge >= 0.3 is 0 Å². The summed E-state index contributed by atoms with van der Waals surface area (Å²) in [5.74, 6) is 6.24.